The Hall–Kier alpha value is -6.33. The van der Waals surface area contributed by atoms with Gasteiger partial charge in [-0.15, -0.1) is 0 Å². The molecule has 0 unspecified atom stereocenters. The van der Waals surface area contributed by atoms with Crippen LogP contribution in [0.3, 0.4) is 0 Å². The van der Waals surface area contributed by atoms with Crippen molar-refractivity contribution in [2.45, 2.75) is 20.8 Å². The van der Waals surface area contributed by atoms with Crippen LogP contribution in [0.4, 0.5) is 22.7 Å². The van der Waals surface area contributed by atoms with Gasteiger partial charge in [-0.2, -0.15) is 0 Å². The van der Waals surface area contributed by atoms with Crippen molar-refractivity contribution in [2.24, 2.45) is 0 Å². The van der Waals surface area contributed by atoms with Crippen molar-refractivity contribution in [1.82, 2.24) is 9.55 Å². The first-order valence-corrected chi connectivity index (χ1v) is 17.1. The summed E-state index contributed by atoms with van der Waals surface area (Å²) in [6.45, 7) is 7.22. The molecule has 0 atom stereocenters. The molecule has 0 N–H and O–H groups in total. The Labute approximate surface area is 292 Å². The van der Waals surface area contributed by atoms with Crippen LogP contribution in [-0.4, -0.2) is 16.2 Å². The van der Waals surface area contributed by atoms with E-state index >= 15 is 0 Å². The lowest BCUT2D eigenvalue weighted by Gasteiger charge is -2.23. The molecule has 0 aliphatic carbocycles. The number of ether oxygens (including phenoxy) is 1. The van der Waals surface area contributed by atoms with E-state index in [4.69, 9.17) is 9.72 Å². The molecular weight excluding hydrogens is 613 g/mol. The summed E-state index contributed by atoms with van der Waals surface area (Å²) in [6, 6.07) is 51.3. The van der Waals surface area contributed by atoms with Crippen molar-refractivity contribution in [3.05, 3.63) is 168 Å². The lowest BCUT2D eigenvalue weighted by molar-refractivity contribution is 0.483. The smallest absolute Gasteiger partial charge is 0.137 e. The normalized spacial score (nSPS) is 12.5. The summed E-state index contributed by atoms with van der Waals surface area (Å²) in [5.74, 6) is 2.43. The van der Waals surface area contributed by atoms with Gasteiger partial charge >= 0.3 is 0 Å². The number of aryl methyl sites for hydroxylation is 3. The molecule has 1 aliphatic heterocycles. The van der Waals surface area contributed by atoms with Crippen LogP contribution in [0.2, 0.25) is 0 Å². The minimum atomic E-state index is 0.708. The van der Waals surface area contributed by atoms with E-state index in [2.05, 4.69) is 169 Å². The van der Waals surface area contributed by atoms with Gasteiger partial charge in [0.05, 0.1) is 22.4 Å². The van der Waals surface area contributed by atoms with Gasteiger partial charge in [-0.05, 0) is 109 Å². The van der Waals surface area contributed by atoms with Gasteiger partial charge in [0.2, 0.25) is 0 Å². The van der Waals surface area contributed by atoms with Crippen LogP contribution < -0.4 is 14.5 Å². The van der Waals surface area contributed by atoms with E-state index < -0.39 is 0 Å². The first-order valence-electron chi connectivity index (χ1n) is 17.1. The summed E-state index contributed by atoms with van der Waals surface area (Å²) < 4.78 is 9.13. The fourth-order valence-electron chi connectivity index (χ4n) is 7.35. The first-order chi connectivity index (χ1) is 24.5. The predicted octanol–water partition coefficient (Wildman–Crippen LogP) is 11.8. The third kappa shape index (κ3) is 5.06. The number of anilines is 4. The minimum Gasteiger partial charge on any atom is -0.457 e. The molecule has 5 heteroatoms. The molecule has 1 aliphatic rings. The fourth-order valence-corrected chi connectivity index (χ4v) is 7.35. The summed E-state index contributed by atoms with van der Waals surface area (Å²) in [5, 5.41) is 2.35. The largest absolute Gasteiger partial charge is 0.457 e. The standard InChI is InChI=1S/C45H36N4O/c1-30-22-35(48-29-47(34-16-8-5-9-17-34)41-24-31(2)32(3)25-42(41)48)26-36(23-30)50-37-27-39(33-14-6-4-7-15-33)45-38-18-10-11-19-40(38)49(43(45)28-37)44-20-12-13-21-46-44/h4-28H,29H2,1-3H3. The van der Waals surface area contributed by atoms with Crippen LogP contribution in [0.1, 0.15) is 16.7 Å². The van der Waals surface area contributed by atoms with Crippen LogP contribution in [0.15, 0.2) is 152 Å². The van der Waals surface area contributed by atoms with E-state index in [1.54, 1.807) is 0 Å². The van der Waals surface area contributed by atoms with Crippen molar-refractivity contribution in [1.29, 1.82) is 0 Å². The number of aromatic nitrogens is 2. The average Bonchev–Trinajstić information content (AvgIpc) is 3.68. The van der Waals surface area contributed by atoms with Crippen LogP contribution >= 0.6 is 0 Å². The van der Waals surface area contributed by atoms with E-state index in [9.17, 15) is 0 Å². The van der Waals surface area contributed by atoms with Gasteiger partial charge in [0.1, 0.15) is 24.0 Å². The molecule has 3 heterocycles. The maximum atomic E-state index is 6.88. The summed E-state index contributed by atoms with van der Waals surface area (Å²) in [4.78, 5) is 9.56. The second kappa shape index (κ2) is 12.0. The maximum Gasteiger partial charge on any atom is 0.137 e. The zero-order valence-corrected chi connectivity index (χ0v) is 28.3. The molecule has 5 nitrogen and oxygen atoms in total. The van der Waals surface area contributed by atoms with E-state index in [-0.39, 0.29) is 0 Å². The van der Waals surface area contributed by atoms with Crippen LogP contribution in [0, 0.1) is 20.8 Å². The zero-order chi connectivity index (χ0) is 33.8. The molecule has 242 valence electrons. The third-order valence-electron chi connectivity index (χ3n) is 9.82. The summed E-state index contributed by atoms with van der Waals surface area (Å²) >= 11 is 0. The van der Waals surface area contributed by atoms with Gasteiger partial charge in [0.15, 0.2) is 0 Å². The summed E-state index contributed by atoms with van der Waals surface area (Å²) in [6.07, 6.45) is 1.85. The zero-order valence-electron chi connectivity index (χ0n) is 28.3. The molecule has 9 rings (SSSR count). The lowest BCUT2D eigenvalue weighted by Crippen LogP contribution is -2.23. The molecule has 2 aromatic heterocycles. The number of hydrogen-bond acceptors (Lipinski definition) is 4. The van der Waals surface area contributed by atoms with Crippen LogP contribution in [0.25, 0.3) is 38.8 Å². The summed E-state index contributed by atoms with van der Waals surface area (Å²) in [7, 11) is 0. The second-order valence-electron chi connectivity index (χ2n) is 13.1. The molecule has 6 aromatic carbocycles. The van der Waals surface area contributed by atoms with Gasteiger partial charge in [-0.3, -0.25) is 4.57 Å². The molecule has 8 aromatic rings. The molecule has 0 saturated heterocycles. The Morgan fingerprint density at radius 1 is 0.560 bits per heavy atom. The Bertz CT molecular complexity index is 2520. The van der Waals surface area contributed by atoms with Crippen molar-refractivity contribution in [3.63, 3.8) is 0 Å². The van der Waals surface area contributed by atoms with Crippen LogP contribution in [0.5, 0.6) is 11.5 Å². The lowest BCUT2D eigenvalue weighted by atomic mass is 9.99. The average molecular weight is 649 g/mol. The SMILES string of the molecule is Cc1cc(Oc2cc(-c3ccccc3)c3c4ccccc4n(-c4ccccn4)c3c2)cc(N2CN(c3ccccc3)c3cc(C)c(C)cc32)c1. The monoisotopic (exact) mass is 648 g/mol. The van der Waals surface area contributed by atoms with Gasteiger partial charge in [-0.25, -0.2) is 4.98 Å². The topological polar surface area (TPSA) is 33.5 Å². The van der Waals surface area contributed by atoms with Crippen molar-refractivity contribution >= 4 is 44.6 Å². The Morgan fingerprint density at radius 2 is 1.22 bits per heavy atom. The highest BCUT2D eigenvalue weighted by Crippen LogP contribution is 2.47. The predicted molar refractivity (Wildman–Crippen MR) is 207 cm³/mol. The van der Waals surface area contributed by atoms with Gasteiger partial charge in [0, 0.05) is 40.5 Å². The fraction of sp³-hybridized carbons (Fsp3) is 0.0889. The number of para-hydroxylation sites is 2. The number of nitrogens with zero attached hydrogens (tertiary/aromatic N) is 4. The van der Waals surface area contributed by atoms with Crippen molar-refractivity contribution < 1.29 is 4.74 Å². The molecule has 0 saturated carbocycles. The quantitative estimate of drug-likeness (QED) is 0.180. The highest BCUT2D eigenvalue weighted by atomic mass is 16.5. The molecule has 0 fully saturated rings. The number of fused-ring (bicyclic) bond motifs is 4. The Balaban J connectivity index is 1.19. The third-order valence-corrected chi connectivity index (χ3v) is 9.82. The van der Waals surface area contributed by atoms with Crippen molar-refractivity contribution in [2.75, 3.05) is 16.5 Å². The van der Waals surface area contributed by atoms with Crippen LogP contribution in [-0.2, 0) is 0 Å². The van der Waals surface area contributed by atoms with Gasteiger partial charge in [-0.1, -0.05) is 72.8 Å². The van der Waals surface area contributed by atoms with Gasteiger partial charge in [0.25, 0.3) is 0 Å². The minimum absolute atomic E-state index is 0.708. The van der Waals surface area contributed by atoms with E-state index in [1.807, 2.05) is 18.3 Å². The number of benzene rings is 6. The van der Waals surface area contributed by atoms with Gasteiger partial charge < -0.3 is 14.5 Å². The molecule has 0 amide bonds. The number of rotatable bonds is 6. The van der Waals surface area contributed by atoms with E-state index in [0.29, 0.717) is 6.67 Å². The first kappa shape index (κ1) is 29.8. The molecule has 0 spiro atoms. The molecule has 50 heavy (non-hydrogen) atoms. The van der Waals surface area contributed by atoms with E-state index in [1.165, 1.54) is 39.0 Å². The van der Waals surface area contributed by atoms with E-state index in [0.717, 1.165) is 50.7 Å². The second-order valence-corrected chi connectivity index (χ2v) is 13.1. The molecule has 0 radical (unpaired) electrons. The highest BCUT2D eigenvalue weighted by Gasteiger charge is 2.29. The Kier molecular flexibility index (Phi) is 7.13. The number of pyridine rings is 1. The summed E-state index contributed by atoms with van der Waals surface area (Å²) in [5.41, 5.74) is 12.8. The molecule has 0 bridgehead atoms. The Morgan fingerprint density at radius 3 is 1.96 bits per heavy atom. The van der Waals surface area contributed by atoms with Crippen molar-refractivity contribution in [3.8, 4) is 28.4 Å². The highest BCUT2D eigenvalue weighted by molar-refractivity contribution is 6.16. The number of hydrogen-bond donors (Lipinski definition) is 0. The maximum absolute atomic E-state index is 6.88. The molecular formula is C45H36N4O.